The van der Waals surface area contributed by atoms with Crippen molar-refractivity contribution in [1.29, 1.82) is 0 Å². The van der Waals surface area contributed by atoms with E-state index in [1.807, 2.05) is 25.1 Å². The summed E-state index contributed by atoms with van der Waals surface area (Å²) in [4.78, 5) is 11.9. The number of aryl methyl sites for hydroxylation is 1. The monoisotopic (exact) mass is 305 g/mol. The van der Waals surface area contributed by atoms with Gasteiger partial charge in [0.1, 0.15) is 11.5 Å². The number of anilines is 1. The van der Waals surface area contributed by atoms with Crippen molar-refractivity contribution in [3.05, 3.63) is 53.1 Å². The number of methoxy groups -OCH3 is 1. The third-order valence-electron chi connectivity index (χ3n) is 2.87. The molecule has 0 fully saturated rings. The zero-order chi connectivity index (χ0) is 15.2. The standard InChI is InChI=1S/C16H16ClNO3/c1-11-8-14(15(20-2)9-13(11)17)18-16(19)10-21-12-6-4-3-5-7-12/h3-9H,10H2,1-2H3,(H,18,19). The maximum absolute atomic E-state index is 11.9. The van der Waals surface area contributed by atoms with Crippen LogP contribution in [0, 0.1) is 6.92 Å². The molecule has 0 aliphatic heterocycles. The Bertz CT molecular complexity index is 629. The first kappa shape index (κ1) is 15.2. The quantitative estimate of drug-likeness (QED) is 0.916. The largest absolute Gasteiger partial charge is 0.495 e. The molecule has 4 nitrogen and oxygen atoms in total. The van der Waals surface area contributed by atoms with Gasteiger partial charge in [-0.2, -0.15) is 0 Å². The Morgan fingerprint density at radius 1 is 1.24 bits per heavy atom. The van der Waals surface area contributed by atoms with Crippen molar-refractivity contribution in [2.75, 3.05) is 19.0 Å². The normalized spacial score (nSPS) is 10.0. The highest BCUT2D eigenvalue weighted by Gasteiger charge is 2.10. The van der Waals surface area contributed by atoms with Crippen LogP contribution in [0.2, 0.25) is 5.02 Å². The molecule has 2 aromatic carbocycles. The molecule has 2 aromatic rings. The zero-order valence-corrected chi connectivity index (χ0v) is 12.6. The molecule has 0 atom stereocenters. The molecule has 0 aromatic heterocycles. The third kappa shape index (κ3) is 4.13. The van der Waals surface area contributed by atoms with Crippen molar-refractivity contribution < 1.29 is 14.3 Å². The lowest BCUT2D eigenvalue weighted by atomic mass is 10.2. The minimum absolute atomic E-state index is 0.0746. The van der Waals surface area contributed by atoms with Crippen LogP contribution in [0.1, 0.15) is 5.56 Å². The molecule has 0 unspecified atom stereocenters. The second kappa shape index (κ2) is 6.99. The molecule has 110 valence electrons. The van der Waals surface area contributed by atoms with Gasteiger partial charge in [0.15, 0.2) is 6.61 Å². The lowest BCUT2D eigenvalue weighted by Gasteiger charge is -2.12. The van der Waals surface area contributed by atoms with Crippen molar-refractivity contribution in [2.45, 2.75) is 6.92 Å². The Balaban J connectivity index is 2.01. The first-order valence-corrected chi connectivity index (χ1v) is 6.80. The Kier molecular flexibility index (Phi) is 5.06. The van der Waals surface area contributed by atoms with Crippen molar-refractivity contribution in [3.8, 4) is 11.5 Å². The Labute approximate surface area is 128 Å². The lowest BCUT2D eigenvalue weighted by molar-refractivity contribution is -0.118. The van der Waals surface area contributed by atoms with Crippen LogP contribution in [0.4, 0.5) is 5.69 Å². The highest BCUT2D eigenvalue weighted by Crippen LogP contribution is 2.30. The number of rotatable bonds is 5. The van der Waals surface area contributed by atoms with Gasteiger partial charge in [0.05, 0.1) is 12.8 Å². The van der Waals surface area contributed by atoms with Gasteiger partial charge in [-0.15, -0.1) is 0 Å². The fourth-order valence-corrected chi connectivity index (χ4v) is 1.94. The van der Waals surface area contributed by atoms with Gasteiger partial charge in [-0.25, -0.2) is 0 Å². The summed E-state index contributed by atoms with van der Waals surface area (Å²) in [6.07, 6.45) is 0. The average Bonchev–Trinajstić information content (AvgIpc) is 2.49. The van der Waals surface area contributed by atoms with Crippen molar-refractivity contribution >= 4 is 23.2 Å². The molecule has 0 bridgehead atoms. The van der Waals surface area contributed by atoms with Gasteiger partial charge in [-0.3, -0.25) is 4.79 Å². The molecular weight excluding hydrogens is 290 g/mol. The molecule has 2 rings (SSSR count). The van der Waals surface area contributed by atoms with E-state index >= 15 is 0 Å². The maximum Gasteiger partial charge on any atom is 0.262 e. The highest BCUT2D eigenvalue weighted by molar-refractivity contribution is 6.31. The highest BCUT2D eigenvalue weighted by atomic mass is 35.5. The molecule has 0 radical (unpaired) electrons. The number of carbonyl (C=O) groups is 1. The van der Waals surface area contributed by atoms with Gasteiger partial charge in [-0.05, 0) is 30.7 Å². The topological polar surface area (TPSA) is 47.6 Å². The lowest BCUT2D eigenvalue weighted by Crippen LogP contribution is -2.20. The van der Waals surface area contributed by atoms with Crippen LogP contribution >= 0.6 is 11.6 Å². The summed E-state index contributed by atoms with van der Waals surface area (Å²) in [5, 5.41) is 3.34. The Morgan fingerprint density at radius 3 is 2.62 bits per heavy atom. The number of amides is 1. The van der Waals surface area contributed by atoms with E-state index in [4.69, 9.17) is 21.1 Å². The van der Waals surface area contributed by atoms with Crippen LogP contribution in [-0.4, -0.2) is 19.6 Å². The van der Waals surface area contributed by atoms with Gasteiger partial charge < -0.3 is 14.8 Å². The minimum atomic E-state index is -0.265. The molecule has 0 aliphatic rings. The van der Waals surface area contributed by atoms with Crippen LogP contribution in [0.25, 0.3) is 0 Å². The van der Waals surface area contributed by atoms with Crippen LogP contribution < -0.4 is 14.8 Å². The van der Waals surface area contributed by atoms with Gasteiger partial charge in [-0.1, -0.05) is 29.8 Å². The first-order valence-electron chi connectivity index (χ1n) is 6.42. The molecule has 1 N–H and O–H groups in total. The first-order chi connectivity index (χ1) is 10.1. The Morgan fingerprint density at radius 2 is 1.95 bits per heavy atom. The molecule has 5 heteroatoms. The van der Waals surface area contributed by atoms with E-state index in [-0.39, 0.29) is 12.5 Å². The summed E-state index contributed by atoms with van der Waals surface area (Å²) >= 11 is 6.02. The van der Waals surface area contributed by atoms with E-state index in [9.17, 15) is 4.79 Å². The van der Waals surface area contributed by atoms with Crippen LogP contribution in [-0.2, 0) is 4.79 Å². The predicted molar refractivity (Wildman–Crippen MR) is 83.3 cm³/mol. The predicted octanol–water partition coefficient (Wildman–Crippen LogP) is 3.67. The summed E-state index contributed by atoms with van der Waals surface area (Å²) in [6.45, 7) is 1.78. The van der Waals surface area contributed by atoms with Gasteiger partial charge in [0, 0.05) is 11.1 Å². The van der Waals surface area contributed by atoms with E-state index < -0.39 is 0 Å². The average molecular weight is 306 g/mol. The van der Waals surface area contributed by atoms with Gasteiger partial charge in [0.25, 0.3) is 5.91 Å². The van der Waals surface area contributed by atoms with Gasteiger partial charge >= 0.3 is 0 Å². The van der Waals surface area contributed by atoms with Crippen LogP contribution in [0.15, 0.2) is 42.5 Å². The number of hydrogen-bond donors (Lipinski definition) is 1. The number of hydrogen-bond acceptors (Lipinski definition) is 3. The van der Waals surface area contributed by atoms with Crippen LogP contribution in [0.3, 0.4) is 0 Å². The van der Waals surface area contributed by atoms with E-state index in [0.29, 0.717) is 22.2 Å². The third-order valence-corrected chi connectivity index (χ3v) is 3.28. The van der Waals surface area contributed by atoms with E-state index in [2.05, 4.69) is 5.32 Å². The van der Waals surface area contributed by atoms with Crippen LogP contribution in [0.5, 0.6) is 11.5 Å². The van der Waals surface area contributed by atoms with Crippen molar-refractivity contribution in [3.63, 3.8) is 0 Å². The van der Waals surface area contributed by atoms with E-state index in [1.165, 1.54) is 7.11 Å². The summed E-state index contributed by atoms with van der Waals surface area (Å²) in [6, 6.07) is 12.6. The van der Waals surface area contributed by atoms with Crippen molar-refractivity contribution in [1.82, 2.24) is 0 Å². The molecule has 21 heavy (non-hydrogen) atoms. The number of halogens is 1. The smallest absolute Gasteiger partial charge is 0.262 e. The van der Waals surface area contributed by atoms with E-state index in [1.54, 1.807) is 24.3 Å². The molecule has 1 amide bonds. The minimum Gasteiger partial charge on any atom is -0.495 e. The summed E-state index contributed by atoms with van der Waals surface area (Å²) in [5.41, 5.74) is 1.43. The molecule has 0 saturated heterocycles. The number of ether oxygens (including phenoxy) is 2. The second-order valence-corrected chi connectivity index (χ2v) is 4.86. The van der Waals surface area contributed by atoms with Crippen molar-refractivity contribution in [2.24, 2.45) is 0 Å². The maximum atomic E-state index is 11.9. The molecular formula is C16H16ClNO3. The SMILES string of the molecule is COc1cc(Cl)c(C)cc1NC(=O)COc1ccccc1. The molecule has 0 aliphatic carbocycles. The molecule has 0 spiro atoms. The fourth-order valence-electron chi connectivity index (χ4n) is 1.78. The van der Waals surface area contributed by atoms with Gasteiger partial charge in [0.2, 0.25) is 0 Å². The molecule has 0 saturated carbocycles. The van der Waals surface area contributed by atoms with E-state index in [0.717, 1.165) is 5.56 Å². The summed E-state index contributed by atoms with van der Waals surface area (Å²) in [5.74, 6) is 0.893. The number of benzene rings is 2. The summed E-state index contributed by atoms with van der Waals surface area (Å²) in [7, 11) is 1.52. The summed E-state index contributed by atoms with van der Waals surface area (Å²) < 4.78 is 10.6. The number of nitrogens with one attached hydrogen (secondary N) is 1. The zero-order valence-electron chi connectivity index (χ0n) is 11.9. The number of carbonyl (C=O) groups excluding carboxylic acids is 1. The molecule has 0 heterocycles. The second-order valence-electron chi connectivity index (χ2n) is 4.45. The fraction of sp³-hybridized carbons (Fsp3) is 0.188. The number of para-hydroxylation sites is 1. The Hall–Kier alpha value is -2.20.